The van der Waals surface area contributed by atoms with Crippen LogP contribution in [0.2, 0.25) is 0 Å². The van der Waals surface area contributed by atoms with Crippen molar-refractivity contribution in [2.24, 2.45) is 0 Å². The average Bonchev–Trinajstić information content (AvgIpc) is 2.81. The third-order valence-electron chi connectivity index (χ3n) is 5.58. The first-order chi connectivity index (χ1) is 16.2. The summed E-state index contributed by atoms with van der Waals surface area (Å²) in [7, 11) is 0.141. The van der Waals surface area contributed by atoms with Crippen molar-refractivity contribution < 1.29 is 17.6 Å². The van der Waals surface area contributed by atoms with Gasteiger partial charge in [0.1, 0.15) is 5.82 Å². The number of amides is 1. The number of nitrogens with zero attached hydrogens (tertiary/aromatic N) is 1. The number of likely N-dealkylation sites (N-methyl/N-ethyl adjacent to an activating group) is 1. The van der Waals surface area contributed by atoms with Gasteiger partial charge in [-0.25, -0.2) is 12.8 Å². The van der Waals surface area contributed by atoms with Crippen molar-refractivity contribution in [2.45, 2.75) is 30.7 Å². The molecule has 180 valence electrons. The topological polar surface area (TPSA) is 78.5 Å². The molecule has 1 unspecified atom stereocenters. The smallest absolute Gasteiger partial charge is 0.261 e. The van der Waals surface area contributed by atoms with E-state index >= 15 is 0 Å². The fraction of sp³-hybridized carbons (Fsp3) is 0.269. The molecule has 0 saturated carbocycles. The van der Waals surface area contributed by atoms with E-state index in [0.29, 0.717) is 12.2 Å². The molecular weight excluding hydrogens is 453 g/mol. The number of carbonyl (C=O) groups excluding carboxylic acids is 1. The zero-order valence-electron chi connectivity index (χ0n) is 19.6. The Labute approximate surface area is 200 Å². The lowest BCUT2D eigenvalue weighted by molar-refractivity contribution is -0.120. The third kappa shape index (κ3) is 6.88. The van der Waals surface area contributed by atoms with E-state index in [1.807, 2.05) is 14.1 Å². The van der Waals surface area contributed by atoms with Crippen LogP contribution in [-0.2, 0) is 27.7 Å². The van der Waals surface area contributed by atoms with Gasteiger partial charge in [0.05, 0.1) is 17.4 Å². The molecule has 34 heavy (non-hydrogen) atoms. The lowest BCUT2D eigenvalue weighted by atomic mass is 10.0. The summed E-state index contributed by atoms with van der Waals surface area (Å²) in [5.41, 5.74) is 3.53. The highest BCUT2D eigenvalue weighted by Crippen LogP contribution is 2.19. The van der Waals surface area contributed by atoms with Gasteiger partial charge < -0.3 is 10.2 Å². The van der Waals surface area contributed by atoms with Gasteiger partial charge in [0.25, 0.3) is 10.0 Å². The molecule has 1 amide bonds. The fourth-order valence-corrected chi connectivity index (χ4v) is 4.61. The zero-order valence-corrected chi connectivity index (χ0v) is 20.4. The molecule has 0 fully saturated rings. The number of sulfonamides is 1. The first kappa shape index (κ1) is 25.4. The van der Waals surface area contributed by atoms with Crippen molar-refractivity contribution in [2.75, 3.05) is 25.4 Å². The van der Waals surface area contributed by atoms with Crippen molar-refractivity contribution >= 4 is 21.6 Å². The maximum absolute atomic E-state index is 13.1. The molecule has 0 aromatic heterocycles. The molecule has 0 aliphatic carbocycles. The van der Waals surface area contributed by atoms with Gasteiger partial charge in [-0.3, -0.25) is 9.52 Å². The second-order valence-electron chi connectivity index (χ2n) is 8.31. The molecule has 8 heteroatoms. The van der Waals surface area contributed by atoms with Crippen molar-refractivity contribution in [3.05, 3.63) is 95.3 Å². The van der Waals surface area contributed by atoms with E-state index < -0.39 is 15.8 Å². The second kappa shape index (κ2) is 11.3. The molecule has 0 bridgehead atoms. The molecule has 3 aromatic rings. The lowest BCUT2D eigenvalue weighted by Gasteiger charge is -2.25. The number of carbonyl (C=O) groups is 1. The summed E-state index contributed by atoms with van der Waals surface area (Å²) in [6, 6.07) is 19.7. The summed E-state index contributed by atoms with van der Waals surface area (Å²) < 4.78 is 40.4. The van der Waals surface area contributed by atoms with Crippen LogP contribution in [0.1, 0.15) is 29.7 Å². The van der Waals surface area contributed by atoms with Crippen molar-refractivity contribution in [1.82, 2.24) is 10.2 Å². The standard InChI is InChI=1S/C26H30FN3O3S/c1-4-19-5-9-21(10-6-19)25(30(2)3)18-28-26(31)17-20-7-13-23(14-8-20)29-34(32,33)24-15-11-22(27)12-16-24/h5-16,25,29H,4,17-18H2,1-3H3,(H,28,31). The van der Waals surface area contributed by atoms with E-state index in [4.69, 9.17) is 0 Å². The Balaban J connectivity index is 1.57. The number of hydrogen-bond donors (Lipinski definition) is 2. The molecule has 3 rings (SSSR count). The van der Waals surface area contributed by atoms with Crippen LogP contribution in [0.5, 0.6) is 0 Å². The molecule has 0 radical (unpaired) electrons. The number of halogens is 1. The van der Waals surface area contributed by atoms with Crippen LogP contribution >= 0.6 is 0 Å². The first-order valence-corrected chi connectivity index (χ1v) is 12.6. The number of benzene rings is 3. The maximum Gasteiger partial charge on any atom is 0.261 e. The summed E-state index contributed by atoms with van der Waals surface area (Å²) in [5, 5.41) is 3.00. The van der Waals surface area contributed by atoms with E-state index in [9.17, 15) is 17.6 Å². The first-order valence-electron chi connectivity index (χ1n) is 11.1. The van der Waals surface area contributed by atoms with Crippen LogP contribution < -0.4 is 10.0 Å². The molecule has 6 nitrogen and oxygen atoms in total. The van der Waals surface area contributed by atoms with E-state index in [2.05, 4.69) is 46.1 Å². The van der Waals surface area contributed by atoms with Gasteiger partial charge in [-0.05, 0) is 73.6 Å². The minimum atomic E-state index is -3.82. The van der Waals surface area contributed by atoms with Gasteiger partial charge in [-0.1, -0.05) is 43.3 Å². The summed E-state index contributed by atoms with van der Waals surface area (Å²) in [5.74, 6) is -0.621. The molecule has 0 heterocycles. The summed E-state index contributed by atoms with van der Waals surface area (Å²) >= 11 is 0. The Bertz CT molecular complexity index is 1190. The minimum absolute atomic E-state index is 0.0304. The Morgan fingerprint density at radius 2 is 1.50 bits per heavy atom. The van der Waals surface area contributed by atoms with Crippen LogP contribution in [0.25, 0.3) is 0 Å². The Morgan fingerprint density at radius 1 is 0.912 bits per heavy atom. The third-order valence-corrected chi connectivity index (χ3v) is 6.98. The predicted molar refractivity (Wildman–Crippen MR) is 133 cm³/mol. The lowest BCUT2D eigenvalue weighted by Crippen LogP contribution is -2.35. The van der Waals surface area contributed by atoms with Crippen LogP contribution in [-0.4, -0.2) is 39.9 Å². The quantitative estimate of drug-likeness (QED) is 0.454. The Kier molecular flexibility index (Phi) is 8.41. The van der Waals surface area contributed by atoms with Crippen molar-refractivity contribution in [1.29, 1.82) is 0 Å². The van der Waals surface area contributed by atoms with E-state index in [1.165, 1.54) is 17.7 Å². The summed E-state index contributed by atoms with van der Waals surface area (Å²) in [6.07, 6.45) is 1.16. The van der Waals surface area contributed by atoms with Crippen molar-refractivity contribution in [3.8, 4) is 0 Å². The SMILES string of the molecule is CCc1ccc(C(CNC(=O)Cc2ccc(NS(=O)(=O)c3ccc(F)cc3)cc2)N(C)C)cc1. The number of aryl methyl sites for hydroxylation is 1. The van der Waals surface area contributed by atoms with Gasteiger partial charge in [-0.15, -0.1) is 0 Å². The summed E-state index contributed by atoms with van der Waals surface area (Å²) in [6.45, 7) is 2.60. The number of anilines is 1. The monoisotopic (exact) mass is 483 g/mol. The Hall–Kier alpha value is -3.23. The molecule has 0 aliphatic rings. The molecule has 1 atom stereocenters. The Morgan fingerprint density at radius 3 is 2.06 bits per heavy atom. The second-order valence-corrected chi connectivity index (χ2v) is 9.99. The number of nitrogens with one attached hydrogen (secondary N) is 2. The average molecular weight is 484 g/mol. The van der Waals surface area contributed by atoms with Gasteiger partial charge in [0.2, 0.25) is 5.91 Å². The van der Waals surface area contributed by atoms with Gasteiger partial charge in [0.15, 0.2) is 0 Å². The van der Waals surface area contributed by atoms with Crippen LogP contribution in [0, 0.1) is 5.82 Å². The zero-order chi connectivity index (χ0) is 24.7. The van der Waals surface area contributed by atoms with Crippen LogP contribution in [0.4, 0.5) is 10.1 Å². The van der Waals surface area contributed by atoms with Crippen molar-refractivity contribution in [3.63, 3.8) is 0 Å². The van der Waals surface area contributed by atoms with Gasteiger partial charge >= 0.3 is 0 Å². The molecule has 3 aromatic carbocycles. The molecule has 0 spiro atoms. The van der Waals surface area contributed by atoms with E-state index in [0.717, 1.165) is 29.7 Å². The van der Waals surface area contributed by atoms with Gasteiger partial charge in [0, 0.05) is 12.2 Å². The number of rotatable bonds is 10. The fourth-order valence-electron chi connectivity index (χ4n) is 3.55. The van der Waals surface area contributed by atoms with Crippen LogP contribution in [0.3, 0.4) is 0 Å². The highest BCUT2D eigenvalue weighted by Gasteiger charge is 2.16. The van der Waals surface area contributed by atoms with Crippen LogP contribution in [0.15, 0.2) is 77.7 Å². The highest BCUT2D eigenvalue weighted by molar-refractivity contribution is 7.92. The molecule has 2 N–H and O–H groups in total. The number of hydrogen-bond acceptors (Lipinski definition) is 4. The minimum Gasteiger partial charge on any atom is -0.354 e. The molecular formula is C26H30FN3O3S. The normalized spacial score (nSPS) is 12.4. The predicted octanol–water partition coefficient (Wildman–Crippen LogP) is 4.15. The molecule has 0 saturated heterocycles. The maximum atomic E-state index is 13.1. The molecule has 0 aliphatic heterocycles. The largest absolute Gasteiger partial charge is 0.354 e. The van der Waals surface area contributed by atoms with E-state index in [1.54, 1.807) is 24.3 Å². The van der Waals surface area contributed by atoms with E-state index in [-0.39, 0.29) is 23.3 Å². The summed E-state index contributed by atoms with van der Waals surface area (Å²) in [4.78, 5) is 14.6. The van der Waals surface area contributed by atoms with Gasteiger partial charge in [-0.2, -0.15) is 0 Å². The highest BCUT2D eigenvalue weighted by atomic mass is 32.2.